The van der Waals surface area contributed by atoms with Crippen molar-refractivity contribution in [2.24, 2.45) is 0 Å². The molecule has 1 aliphatic carbocycles. The van der Waals surface area contributed by atoms with Crippen LogP contribution in [0.3, 0.4) is 0 Å². The molecule has 0 aliphatic heterocycles. The fourth-order valence-corrected chi connectivity index (χ4v) is 0.289. The third kappa shape index (κ3) is 0.518. The highest BCUT2D eigenvalue weighted by Crippen LogP contribution is 2.36. The third-order valence-electron chi connectivity index (χ3n) is 0.787. The van der Waals surface area contributed by atoms with E-state index in [2.05, 4.69) is 0 Å². The standard InChI is InChI=1S/C4H2F3/c5-3-1-2-4(3,6)7/h2H2. The van der Waals surface area contributed by atoms with Gasteiger partial charge in [-0.2, -0.15) is 8.78 Å². The Morgan fingerprint density at radius 3 is 2.00 bits per heavy atom. The molecule has 0 N–H and O–H groups in total. The first-order valence-electron chi connectivity index (χ1n) is 1.77. The van der Waals surface area contributed by atoms with Gasteiger partial charge in [-0.05, 0) is 0 Å². The maximum absolute atomic E-state index is 11.5. The van der Waals surface area contributed by atoms with Crippen LogP contribution in [0.15, 0.2) is 5.83 Å². The van der Waals surface area contributed by atoms with Crippen molar-refractivity contribution in [1.82, 2.24) is 0 Å². The molecule has 3 heteroatoms. The quantitative estimate of drug-likeness (QED) is 0.441. The van der Waals surface area contributed by atoms with E-state index in [-0.39, 0.29) is 0 Å². The van der Waals surface area contributed by atoms with Crippen LogP contribution in [0.25, 0.3) is 0 Å². The molecular formula is C4H2F3. The van der Waals surface area contributed by atoms with Crippen LogP contribution in [0, 0.1) is 6.08 Å². The van der Waals surface area contributed by atoms with Crippen LogP contribution in [-0.4, -0.2) is 5.92 Å². The zero-order valence-corrected chi connectivity index (χ0v) is 3.34. The van der Waals surface area contributed by atoms with Crippen molar-refractivity contribution in [2.45, 2.75) is 12.3 Å². The van der Waals surface area contributed by atoms with Gasteiger partial charge in [0.15, 0.2) is 5.83 Å². The minimum atomic E-state index is -3.18. The monoisotopic (exact) mass is 107 g/mol. The molecule has 0 saturated carbocycles. The highest BCUT2D eigenvalue weighted by atomic mass is 19.3. The fourth-order valence-electron chi connectivity index (χ4n) is 0.289. The van der Waals surface area contributed by atoms with Gasteiger partial charge in [-0.1, -0.05) is 0 Å². The molecule has 1 aliphatic rings. The van der Waals surface area contributed by atoms with Crippen LogP contribution >= 0.6 is 0 Å². The minimum absolute atomic E-state index is 0.557. The second-order valence-corrected chi connectivity index (χ2v) is 1.37. The molecular weight excluding hydrogens is 105 g/mol. The Hall–Kier alpha value is -0.470. The van der Waals surface area contributed by atoms with Gasteiger partial charge in [0, 0.05) is 12.5 Å². The molecule has 0 fully saturated rings. The summed E-state index contributed by atoms with van der Waals surface area (Å²) in [5, 5.41) is 0. The average Bonchev–Trinajstić information content (AvgIpc) is 1.63. The van der Waals surface area contributed by atoms with E-state index in [9.17, 15) is 13.2 Å². The van der Waals surface area contributed by atoms with E-state index in [0.717, 1.165) is 0 Å². The van der Waals surface area contributed by atoms with Gasteiger partial charge in [-0.3, -0.25) is 0 Å². The van der Waals surface area contributed by atoms with Crippen molar-refractivity contribution in [3.63, 3.8) is 0 Å². The zero-order valence-electron chi connectivity index (χ0n) is 3.34. The molecule has 0 aromatic carbocycles. The van der Waals surface area contributed by atoms with Gasteiger partial charge in [0.25, 0.3) is 0 Å². The van der Waals surface area contributed by atoms with Crippen LogP contribution < -0.4 is 0 Å². The van der Waals surface area contributed by atoms with Gasteiger partial charge in [-0.25, -0.2) is 4.39 Å². The SMILES string of the molecule is FC1=[C]CC1(F)F. The first-order valence-corrected chi connectivity index (χ1v) is 1.77. The molecule has 0 atom stereocenters. The summed E-state index contributed by atoms with van der Waals surface area (Å²) in [4.78, 5) is 0. The van der Waals surface area contributed by atoms with Crippen molar-refractivity contribution in [2.75, 3.05) is 0 Å². The van der Waals surface area contributed by atoms with Crippen LogP contribution in [-0.2, 0) is 0 Å². The molecule has 0 bridgehead atoms. The summed E-state index contributed by atoms with van der Waals surface area (Å²) < 4.78 is 34.3. The normalized spacial score (nSPS) is 25.9. The largest absolute Gasteiger partial charge is 0.303 e. The molecule has 0 heterocycles. The maximum Gasteiger partial charge on any atom is 0.303 e. The van der Waals surface area contributed by atoms with E-state index in [0.29, 0.717) is 0 Å². The second-order valence-electron chi connectivity index (χ2n) is 1.37. The smallest absolute Gasteiger partial charge is 0.205 e. The summed E-state index contributed by atoms with van der Waals surface area (Å²) in [6, 6.07) is 0. The molecule has 7 heavy (non-hydrogen) atoms. The van der Waals surface area contributed by atoms with E-state index >= 15 is 0 Å². The number of halogens is 3. The van der Waals surface area contributed by atoms with E-state index in [1.807, 2.05) is 0 Å². The Bertz CT molecular complexity index is 114. The summed E-state index contributed by atoms with van der Waals surface area (Å²) >= 11 is 0. The zero-order chi connectivity index (χ0) is 5.49. The van der Waals surface area contributed by atoms with E-state index < -0.39 is 18.2 Å². The molecule has 0 nitrogen and oxygen atoms in total. The predicted molar refractivity (Wildman–Crippen MR) is 17.4 cm³/mol. The Morgan fingerprint density at radius 2 is 2.00 bits per heavy atom. The van der Waals surface area contributed by atoms with Crippen LogP contribution in [0.4, 0.5) is 13.2 Å². The van der Waals surface area contributed by atoms with Gasteiger partial charge in [0.05, 0.1) is 0 Å². The van der Waals surface area contributed by atoms with Gasteiger partial charge in [0.2, 0.25) is 0 Å². The van der Waals surface area contributed by atoms with Crippen LogP contribution in [0.5, 0.6) is 0 Å². The summed E-state index contributed by atoms with van der Waals surface area (Å²) in [7, 11) is 0. The highest BCUT2D eigenvalue weighted by molar-refractivity contribution is 5.11. The second kappa shape index (κ2) is 1.02. The summed E-state index contributed by atoms with van der Waals surface area (Å²) in [5.41, 5.74) is 0. The number of allylic oxidation sites excluding steroid dienone is 2. The fraction of sp³-hybridized carbons (Fsp3) is 0.500. The van der Waals surface area contributed by atoms with Gasteiger partial charge in [0.1, 0.15) is 0 Å². The van der Waals surface area contributed by atoms with E-state index in [1.54, 1.807) is 6.08 Å². The molecule has 0 aromatic heterocycles. The maximum atomic E-state index is 11.5. The van der Waals surface area contributed by atoms with Crippen molar-refractivity contribution in [3.05, 3.63) is 11.9 Å². The van der Waals surface area contributed by atoms with Gasteiger partial charge >= 0.3 is 5.92 Å². The number of alkyl halides is 2. The van der Waals surface area contributed by atoms with Gasteiger partial charge < -0.3 is 0 Å². The Kier molecular flexibility index (Phi) is 0.685. The number of rotatable bonds is 0. The highest BCUT2D eigenvalue weighted by Gasteiger charge is 2.41. The summed E-state index contributed by atoms with van der Waals surface area (Å²) in [5.74, 6) is -4.59. The topological polar surface area (TPSA) is 0 Å². The van der Waals surface area contributed by atoms with Crippen molar-refractivity contribution < 1.29 is 13.2 Å². The van der Waals surface area contributed by atoms with Crippen molar-refractivity contribution in [1.29, 1.82) is 0 Å². The minimum Gasteiger partial charge on any atom is -0.205 e. The Morgan fingerprint density at radius 1 is 1.57 bits per heavy atom. The molecule has 0 aromatic rings. The molecule has 1 rings (SSSR count). The molecule has 0 amide bonds. The summed E-state index contributed by atoms with van der Waals surface area (Å²) in [6.45, 7) is 0. The molecule has 0 saturated heterocycles. The molecule has 0 unspecified atom stereocenters. The predicted octanol–water partition coefficient (Wildman–Crippen LogP) is 1.68. The first kappa shape index (κ1) is 4.68. The van der Waals surface area contributed by atoms with E-state index in [1.165, 1.54) is 0 Å². The molecule has 0 spiro atoms. The first-order chi connectivity index (χ1) is 3.13. The molecule has 1 radical (unpaired) electrons. The van der Waals surface area contributed by atoms with Crippen LogP contribution in [0.1, 0.15) is 6.42 Å². The lowest BCUT2D eigenvalue weighted by molar-refractivity contribution is -0.00664. The Labute approximate surface area is 38.6 Å². The summed E-state index contributed by atoms with van der Waals surface area (Å²) in [6.07, 6.45) is 1.24. The van der Waals surface area contributed by atoms with Gasteiger partial charge in [-0.15, -0.1) is 0 Å². The number of hydrogen-bond acceptors (Lipinski definition) is 0. The van der Waals surface area contributed by atoms with Crippen molar-refractivity contribution >= 4 is 0 Å². The lowest BCUT2D eigenvalue weighted by Crippen LogP contribution is -2.23. The van der Waals surface area contributed by atoms with Crippen molar-refractivity contribution in [3.8, 4) is 0 Å². The molecule has 39 valence electrons. The van der Waals surface area contributed by atoms with E-state index in [4.69, 9.17) is 0 Å². The van der Waals surface area contributed by atoms with Crippen LogP contribution in [0.2, 0.25) is 0 Å². The average molecular weight is 107 g/mol. The third-order valence-corrected chi connectivity index (χ3v) is 0.787. The Balaban J connectivity index is 2.68. The number of hydrogen-bond donors (Lipinski definition) is 0. The lowest BCUT2D eigenvalue weighted by atomic mass is 10.1. The lowest BCUT2D eigenvalue weighted by Gasteiger charge is -2.18.